The molecule has 1 saturated heterocycles. The van der Waals surface area contributed by atoms with Crippen LogP contribution >= 0.6 is 15.9 Å². The molecule has 40 heavy (non-hydrogen) atoms. The molecule has 204 valence electrons. The average molecular weight is 605 g/mol. The van der Waals surface area contributed by atoms with Gasteiger partial charge in [-0.3, -0.25) is 14.9 Å². The lowest BCUT2D eigenvalue weighted by atomic mass is 10.0. The summed E-state index contributed by atoms with van der Waals surface area (Å²) in [6.45, 7) is 6.09. The van der Waals surface area contributed by atoms with Gasteiger partial charge in [0.25, 0.3) is 11.8 Å². The summed E-state index contributed by atoms with van der Waals surface area (Å²) in [7, 11) is 0. The molecule has 0 aromatic heterocycles. The third-order valence-corrected chi connectivity index (χ3v) is 6.43. The molecule has 9 nitrogen and oxygen atoms in total. The minimum absolute atomic E-state index is 0.149. The number of nitrogens with one attached hydrogen (secondary N) is 1. The van der Waals surface area contributed by atoms with Gasteiger partial charge in [-0.25, -0.2) is 14.5 Å². The fourth-order valence-electron chi connectivity index (χ4n) is 4.05. The van der Waals surface area contributed by atoms with E-state index in [0.717, 1.165) is 14.9 Å². The number of carbonyl (C=O) groups excluding carboxylic acids is 3. The minimum Gasteiger partial charge on any atom is -0.490 e. The van der Waals surface area contributed by atoms with Gasteiger partial charge < -0.3 is 14.6 Å². The number of allylic oxidation sites excluding steroid dienone is 1. The highest BCUT2D eigenvalue weighted by Gasteiger charge is 2.36. The molecule has 1 heterocycles. The van der Waals surface area contributed by atoms with E-state index in [1.165, 1.54) is 18.2 Å². The van der Waals surface area contributed by atoms with Crippen molar-refractivity contribution >= 4 is 51.5 Å². The van der Waals surface area contributed by atoms with Crippen LogP contribution in [0.1, 0.15) is 34.0 Å². The van der Waals surface area contributed by atoms with Gasteiger partial charge in [-0.2, -0.15) is 0 Å². The van der Waals surface area contributed by atoms with Gasteiger partial charge in [0, 0.05) is 10.0 Å². The Morgan fingerprint density at radius 1 is 1.05 bits per heavy atom. The predicted molar refractivity (Wildman–Crippen MR) is 152 cm³/mol. The molecule has 0 bridgehead atoms. The number of carbonyl (C=O) groups is 4. The summed E-state index contributed by atoms with van der Waals surface area (Å²) in [5, 5.41) is 11.3. The normalized spacial score (nSPS) is 14.2. The van der Waals surface area contributed by atoms with Crippen LogP contribution < -0.4 is 19.7 Å². The first-order chi connectivity index (χ1) is 19.2. The Kier molecular flexibility index (Phi) is 8.80. The summed E-state index contributed by atoms with van der Waals surface area (Å²) in [6, 6.07) is 15.4. The van der Waals surface area contributed by atoms with E-state index in [2.05, 4.69) is 27.8 Å². The quantitative estimate of drug-likeness (QED) is 0.177. The highest BCUT2D eigenvalue weighted by molar-refractivity contribution is 9.10. The van der Waals surface area contributed by atoms with Crippen molar-refractivity contribution in [2.24, 2.45) is 0 Å². The fourth-order valence-corrected chi connectivity index (χ4v) is 4.31. The lowest BCUT2D eigenvalue weighted by Crippen LogP contribution is -2.54. The van der Waals surface area contributed by atoms with Gasteiger partial charge in [0.05, 0.1) is 17.9 Å². The molecule has 3 aromatic rings. The van der Waals surface area contributed by atoms with Crippen LogP contribution in [-0.2, 0) is 22.6 Å². The molecular weight excluding hydrogens is 580 g/mol. The average Bonchev–Trinajstić information content (AvgIpc) is 2.92. The Balaban J connectivity index is 1.69. The largest absolute Gasteiger partial charge is 0.490 e. The number of barbiturate groups is 1. The highest BCUT2D eigenvalue weighted by atomic mass is 79.9. The standard InChI is InChI=1S/C30H25BrN2O7/c1-3-5-21-14-19(15-24-27(34)32-30(38)33(28(24)35)23-12-10-22(31)11-13-23)16-25(39-4-2)26(21)40-17-18-6-8-20(9-7-18)29(36)37/h3,6-16H,1,4-5,17H2,2H3,(H,36,37)(H,32,34,38)/b24-15+. The first-order valence-corrected chi connectivity index (χ1v) is 13.0. The maximum absolute atomic E-state index is 13.3. The van der Waals surface area contributed by atoms with Crippen molar-refractivity contribution in [3.8, 4) is 11.5 Å². The number of carboxylic acid groups (broad SMARTS) is 1. The molecule has 0 spiro atoms. The zero-order valence-corrected chi connectivity index (χ0v) is 23.1. The molecule has 10 heteroatoms. The Morgan fingerprint density at radius 2 is 1.75 bits per heavy atom. The van der Waals surface area contributed by atoms with Crippen molar-refractivity contribution in [2.75, 3.05) is 11.5 Å². The summed E-state index contributed by atoms with van der Waals surface area (Å²) in [4.78, 5) is 50.6. The summed E-state index contributed by atoms with van der Waals surface area (Å²) in [5.74, 6) is -1.74. The number of nitrogens with zero attached hydrogens (tertiary/aromatic N) is 1. The van der Waals surface area contributed by atoms with Gasteiger partial charge in [-0.15, -0.1) is 6.58 Å². The van der Waals surface area contributed by atoms with E-state index in [9.17, 15) is 19.2 Å². The molecule has 4 amide bonds. The Bertz CT molecular complexity index is 1510. The summed E-state index contributed by atoms with van der Waals surface area (Å²) in [6.07, 6.45) is 3.48. The topological polar surface area (TPSA) is 122 Å². The molecule has 0 unspecified atom stereocenters. The van der Waals surface area contributed by atoms with E-state index in [1.807, 2.05) is 6.92 Å². The maximum Gasteiger partial charge on any atom is 0.335 e. The smallest absolute Gasteiger partial charge is 0.335 e. The van der Waals surface area contributed by atoms with Crippen molar-refractivity contribution in [1.29, 1.82) is 0 Å². The molecule has 1 aliphatic heterocycles. The minimum atomic E-state index is -1.02. The number of halogens is 1. The number of benzene rings is 3. The van der Waals surface area contributed by atoms with Crippen LogP contribution in [0.25, 0.3) is 6.08 Å². The van der Waals surface area contributed by atoms with Crippen LogP contribution in [0.3, 0.4) is 0 Å². The second-order valence-electron chi connectivity index (χ2n) is 8.66. The number of rotatable bonds is 10. The van der Waals surface area contributed by atoms with Gasteiger partial charge in [-0.05, 0) is 79.1 Å². The second-order valence-corrected chi connectivity index (χ2v) is 9.57. The second kappa shape index (κ2) is 12.4. The number of ether oxygens (including phenoxy) is 2. The first kappa shape index (κ1) is 28.3. The molecule has 1 fully saturated rings. The van der Waals surface area contributed by atoms with Crippen molar-refractivity contribution in [3.63, 3.8) is 0 Å². The Hall–Kier alpha value is -4.70. The molecule has 4 rings (SSSR count). The lowest BCUT2D eigenvalue weighted by molar-refractivity contribution is -0.122. The van der Waals surface area contributed by atoms with Crippen molar-refractivity contribution in [3.05, 3.63) is 106 Å². The van der Waals surface area contributed by atoms with E-state index < -0.39 is 23.8 Å². The molecule has 0 atom stereocenters. The molecular formula is C30H25BrN2O7. The van der Waals surface area contributed by atoms with Gasteiger partial charge in [-0.1, -0.05) is 34.1 Å². The molecule has 0 saturated carbocycles. The molecule has 2 N–H and O–H groups in total. The maximum atomic E-state index is 13.3. The van der Waals surface area contributed by atoms with Gasteiger partial charge >= 0.3 is 12.0 Å². The molecule has 3 aromatic carbocycles. The monoisotopic (exact) mass is 604 g/mol. The van der Waals surface area contributed by atoms with Gasteiger partial charge in [0.1, 0.15) is 12.2 Å². The van der Waals surface area contributed by atoms with Crippen LogP contribution in [0.4, 0.5) is 10.5 Å². The van der Waals surface area contributed by atoms with Gasteiger partial charge in [0.15, 0.2) is 11.5 Å². The number of aromatic carboxylic acids is 1. The van der Waals surface area contributed by atoms with E-state index in [0.29, 0.717) is 41.3 Å². The van der Waals surface area contributed by atoms with Crippen molar-refractivity contribution in [1.82, 2.24) is 5.32 Å². The van der Waals surface area contributed by atoms with E-state index in [-0.39, 0.29) is 17.7 Å². The molecule has 0 radical (unpaired) electrons. The van der Waals surface area contributed by atoms with Crippen molar-refractivity contribution < 1.29 is 33.8 Å². The van der Waals surface area contributed by atoms with Crippen molar-refractivity contribution in [2.45, 2.75) is 20.0 Å². The van der Waals surface area contributed by atoms with Crippen LogP contribution in [0.15, 0.2) is 83.4 Å². The number of amides is 4. The van der Waals surface area contributed by atoms with E-state index in [4.69, 9.17) is 14.6 Å². The fraction of sp³-hybridized carbons (Fsp3) is 0.133. The lowest BCUT2D eigenvalue weighted by Gasteiger charge is -2.26. The zero-order valence-electron chi connectivity index (χ0n) is 21.5. The summed E-state index contributed by atoms with van der Waals surface area (Å²) >= 11 is 3.32. The number of hydrogen-bond donors (Lipinski definition) is 2. The van der Waals surface area contributed by atoms with E-state index in [1.54, 1.807) is 54.6 Å². The number of urea groups is 1. The van der Waals surface area contributed by atoms with E-state index >= 15 is 0 Å². The zero-order chi connectivity index (χ0) is 28.8. The number of carboxylic acids is 1. The first-order valence-electron chi connectivity index (χ1n) is 12.2. The summed E-state index contributed by atoms with van der Waals surface area (Å²) < 4.78 is 12.7. The highest BCUT2D eigenvalue weighted by Crippen LogP contribution is 2.36. The Labute approximate surface area is 238 Å². The predicted octanol–water partition coefficient (Wildman–Crippen LogP) is 5.52. The summed E-state index contributed by atoms with van der Waals surface area (Å²) in [5.41, 5.74) is 2.20. The number of anilines is 1. The molecule has 0 aliphatic carbocycles. The molecule has 1 aliphatic rings. The third kappa shape index (κ3) is 6.29. The third-order valence-electron chi connectivity index (χ3n) is 5.90. The number of imide groups is 2. The Morgan fingerprint density at radius 3 is 2.38 bits per heavy atom. The van der Waals surface area contributed by atoms with Crippen LogP contribution in [0, 0.1) is 0 Å². The van der Waals surface area contributed by atoms with Crippen LogP contribution in [0.5, 0.6) is 11.5 Å². The SMILES string of the molecule is C=CCc1cc(/C=C2\C(=O)NC(=O)N(c3ccc(Br)cc3)C2=O)cc(OCC)c1OCc1ccc(C(=O)O)cc1. The van der Waals surface area contributed by atoms with Gasteiger partial charge in [0.2, 0.25) is 0 Å². The van der Waals surface area contributed by atoms with Crippen LogP contribution in [0.2, 0.25) is 0 Å². The number of hydrogen-bond acceptors (Lipinski definition) is 6. The van der Waals surface area contributed by atoms with Crippen LogP contribution in [-0.4, -0.2) is 35.5 Å².